The molecule has 11 heteroatoms. The van der Waals surface area contributed by atoms with Gasteiger partial charge in [0.2, 0.25) is 10.0 Å². The second-order valence-corrected chi connectivity index (χ2v) is 10.7. The Morgan fingerprint density at radius 1 is 1.03 bits per heavy atom. The van der Waals surface area contributed by atoms with Gasteiger partial charge >= 0.3 is 0 Å². The molecule has 2 heterocycles. The lowest BCUT2D eigenvalue weighted by atomic mass is 9.98. The van der Waals surface area contributed by atoms with Crippen LogP contribution >= 0.6 is 0 Å². The number of hydrogen-bond acceptors (Lipinski definition) is 6. The molecule has 0 radical (unpaired) electrons. The number of nitro benzene ring substituents is 1. The molecule has 0 saturated carbocycles. The van der Waals surface area contributed by atoms with E-state index in [0.29, 0.717) is 11.6 Å². The van der Waals surface area contributed by atoms with E-state index in [1.54, 1.807) is 12.1 Å². The molecule has 34 heavy (non-hydrogen) atoms. The zero-order valence-corrected chi connectivity index (χ0v) is 19.7. The average molecular weight is 491 g/mol. The van der Waals surface area contributed by atoms with Gasteiger partial charge in [0, 0.05) is 50.9 Å². The molecule has 0 aliphatic carbocycles. The molecule has 0 unspecified atom stereocenters. The van der Waals surface area contributed by atoms with Crippen molar-refractivity contribution < 1.29 is 22.5 Å². The van der Waals surface area contributed by atoms with Gasteiger partial charge in [-0.05, 0) is 43.0 Å². The van der Waals surface area contributed by atoms with E-state index < -0.39 is 31.6 Å². The third-order valence-electron chi connectivity index (χ3n) is 6.52. The molecule has 182 valence electrons. The predicted molar refractivity (Wildman–Crippen MR) is 125 cm³/mol. The molecule has 2 saturated heterocycles. The molecule has 2 aliphatic heterocycles. The Balaban J connectivity index is 1.47. The van der Waals surface area contributed by atoms with Crippen LogP contribution in [0.4, 0.5) is 15.8 Å². The molecule has 9 nitrogen and oxygen atoms in total. The van der Waals surface area contributed by atoms with Crippen LogP contribution in [0.25, 0.3) is 0 Å². The first-order chi connectivity index (χ1) is 16.2. The van der Waals surface area contributed by atoms with Crippen LogP contribution in [-0.2, 0) is 10.0 Å². The van der Waals surface area contributed by atoms with Gasteiger partial charge < -0.3 is 9.80 Å². The van der Waals surface area contributed by atoms with E-state index >= 15 is 0 Å². The number of hydrogen-bond donors (Lipinski definition) is 0. The Morgan fingerprint density at radius 3 is 2.29 bits per heavy atom. The normalized spacial score (nSPS) is 18.2. The summed E-state index contributed by atoms with van der Waals surface area (Å²) in [5.41, 5.74) is 0.585. The van der Waals surface area contributed by atoms with Gasteiger partial charge in [-0.2, -0.15) is 4.31 Å². The van der Waals surface area contributed by atoms with Crippen molar-refractivity contribution in [2.24, 2.45) is 5.92 Å². The van der Waals surface area contributed by atoms with Crippen molar-refractivity contribution in [1.82, 2.24) is 9.21 Å². The molecule has 1 amide bonds. The summed E-state index contributed by atoms with van der Waals surface area (Å²) in [5.74, 6) is -0.640. The number of piperidine rings is 1. The first kappa shape index (κ1) is 24.1. The van der Waals surface area contributed by atoms with Crippen molar-refractivity contribution in [2.45, 2.75) is 24.7 Å². The molecule has 2 aliphatic rings. The number of nitrogens with zero attached hydrogens (tertiary/aromatic N) is 4. The van der Waals surface area contributed by atoms with E-state index in [-0.39, 0.29) is 37.4 Å². The maximum atomic E-state index is 14.0. The summed E-state index contributed by atoms with van der Waals surface area (Å²) in [7, 11) is -4.02. The van der Waals surface area contributed by atoms with Crippen LogP contribution in [0.5, 0.6) is 0 Å². The molecule has 0 bridgehead atoms. The highest BCUT2D eigenvalue weighted by atomic mass is 32.2. The molecule has 0 spiro atoms. The number of anilines is 1. The smallest absolute Gasteiger partial charge is 0.293 e. The topological polar surface area (TPSA) is 104 Å². The summed E-state index contributed by atoms with van der Waals surface area (Å²) in [6, 6.07) is 9.70. The van der Waals surface area contributed by atoms with Gasteiger partial charge in [-0.3, -0.25) is 14.9 Å². The van der Waals surface area contributed by atoms with E-state index in [4.69, 9.17) is 0 Å². The number of sulfonamides is 1. The van der Waals surface area contributed by atoms with E-state index in [1.165, 1.54) is 29.2 Å². The summed E-state index contributed by atoms with van der Waals surface area (Å²) in [4.78, 5) is 27.4. The maximum Gasteiger partial charge on any atom is 0.293 e. The number of rotatable bonds is 5. The number of amides is 1. The van der Waals surface area contributed by atoms with Gasteiger partial charge in [-0.1, -0.05) is 19.1 Å². The Morgan fingerprint density at radius 2 is 1.68 bits per heavy atom. The highest BCUT2D eigenvalue weighted by Crippen LogP contribution is 2.33. The van der Waals surface area contributed by atoms with Gasteiger partial charge in [0.25, 0.3) is 11.6 Å². The molecule has 0 atom stereocenters. The van der Waals surface area contributed by atoms with Crippen molar-refractivity contribution in [1.29, 1.82) is 0 Å². The largest absolute Gasteiger partial charge is 0.366 e. The fraction of sp³-hybridized carbons (Fsp3) is 0.435. The Labute approximate surface area is 198 Å². The van der Waals surface area contributed by atoms with Crippen molar-refractivity contribution in [3.63, 3.8) is 0 Å². The lowest BCUT2D eigenvalue weighted by molar-refractivity contribution is -0.384. The summed E-state index contributed by atoms with van der Waals surface area (Å²) < 4.78 is 40.7. The molecular formula is C23H27FN4O5S. The number of piperazine rings is 1. The fourth-order valence-electron chi connectivity index (χ4n) is 4.43. The molecular weight excluding hydrogens is 463 g/mol. The van der Waals surface area contributed by atoms with Crippen molar-refractivity contribution in [2.75, 3.05) is 44.2 Å². The van der Waals surface area contributed by atoms with Crippen LogP contribution in [-0.4, -0.2) is 67.7 Å². The maximum absolute atomic E-state index is 14.0. The van der Waals surface area contributed by atoms with E-state index in [0.717, 1.165) is 36.3 Å². The van der Waals surface area contributed by atoms with Crippen LogP contribution in [0.3, 0.4) is 0 Å². The SMILES string of the molecule is CC1CCN(c2ccc(C(=O)N3CCN(S(=O)(=O)c4ccccc4F)CC3)cc2[N+](=O)[O-])CC1. The number of carbonyl (C=O) groups is 1. The second-order valence-electron chi connectivity index (χ2n) is 8.76. The van der Waals surface area contributed by atoms with E-state index in [1.807, 2.05) is 4.90 Å². The average Bonchev–Trinajstić information content (AvgIpc) is 2.84. The zero-order chi connectivity index (χ0) is 24.5. The monoisotopic (exact) mass is 490 g/mol. The molecule has 0 aromatic heterocycles. The lowest BCUT2D eigenvalue weighted by Gasteiger charge is -2.34. The fourth-order valence-corrected chi connectivity index (χ4v) is 5.91. The van der Waals surface area contributed by atoms with Crippen LogP contribution in [0.2, 0.25) is 0 Å². The van der Waals surface area contributed by atoms with Gasteiger partial charge in [0.1, 0.15) is 16.4 Å². The molecule has 0 N–H and O–H groups in total. The number of carbonyl (C=O) groups excluding carboxylic acids is 1. The van der Waals surface area contributed by atoms with Gasteiger partial charge in [0.05, 0.1) is 4.92 Å². The van der Waals surface area contributed by atoms with Crippen LogP contribution < -0.4 is 4.90 Å². The van der Waals surface area contributed by atoms with Gasteiger partial charge in [0.15, 0.2) is 0 Å². The number of halogens is 1. The Hall–Kier alpha value is -3.05. The van der Waals surface area contributed by atoms with Crippen LogP contribution in [0.15, 0.2) is 47.4 Å². The Kier molecular flexibility index (Phi) is 6.85. The molecule has 2 fully saturated rings. The van der Waals surface area contributed by atoms with Crippen LogP contribution in [0, 0.1) is 21.8 Å². The third kappa shape index (κ3) is 4.76. The summed E-state index contributed by atoms with van der Waals surface area (Å²) >= 11 is 0. The minimum absolute atomic E-state index is 0.00848. The minimum Gasteiger partial charge on any atom is -0.366 e. The number of benzene rings is 2. The summed E-state index contributed by atoms with van der Waals surface area (Å²) in [6.45, 7) is 3.84. The van der Waals surface area contributed by atoms with Gasteiger partial charge in [-0.15, -0.1) is 0 Å². The lowest BCUT2D eigenvalue weighted by Crippen LogP contribution is -2.50. The Bertz CT molecular complexity index is 1190. The number of nitro groups is 1. The van der Waals surface area contributed by atoms with E-state index in [2.05, 4.69) is 6.92 Å². The van der Waals surface area contributed by atoms with E-state index in [9.17, 15) is 27.7 Å². The second kappa shape index (κ2) is 9.67. The summed E-state index contributed by atoms with van der Waals surface area (Å²) in [6.07, 6.45) is 1.91. The quantitative estimate of drug-likeness (QED) is 0.471. The van der Waals surface area contributed by atoms with Crippen molar-refractivity contribution >= 4 is 27.3 Å². The molecule has 2 aromatic carbocycles. The molecule has 2 aromatic rings. The highest BCUT2D eigenvalue weighted by Gasteiger charge is 2.33. The molecule has 4 rings (SSSR count). The third-order valence-corrected chi connectivity index (χ3v) is 8.46. The predicted octanol–water partition coefficient (Wildman–Crippen LogP) is 3.12. The van der Waals surface area contributed by atoms with Gasteiger partial charge in [-0.25, -0.2) is 12.8 Å². The summed E-state index contributed by atoms with van der Waals surface area (Å²) in [5, 5.41) is 11.7. The van der Waals surface area contributed by atoms with Crippen molar-refractivity contribution in [3.05, 3.63) is 64.0 Å². The van der Waals surface area contributed by atoms with Crippen LogP contribution in [0.1, 0.15) is 30.1 Å². The minimum atomic E-state index is -4.02. The highest BCUT2D eigenvalue weighted by molar-refractivity contribution is 7.89. The standard InChI is InChI=1S/C23H27FN4O5S/c1-17-8-10-25(11-9-17)20-7-6-18(16-21(20)28(30)31)23(29)26-12-14-27(15-13-26)34(32,33)22-5-3-2-4-19(22)24/h2-7,16-17H,8-15H2,1H3. The first-order valence-corrected chi connectivity index (χ1v) is 12.7. The first-order valence-electron chi connectivity index (χ1n) is 11.3. The zero-order valence-electron chi connectivity index (χ0n) is 18.9. The van der Waals surface area contributed by atoms with Crippen molar-refractivity contribution in [3.8, 4) is 0 Å².